The van der Waals surface area contributed by atoms with Crippen LogP contribution in [0.2, 0.25) is 0 Å². The molecule has 0 spiro atoms. The van der Waals surface area contributed by atoms with E-state index in [9.17, 15) is 13.2 Å². The van der Waals surface area contributed by atoms with Gasteiger partial charge in [-0.25, -0.2) is 8.42 Å². The van der Waals surface area contributed by atoms with Crippen LogP contribution in [-0.2, 0) is 14.8 Å². The first-order valence-corrected chi connectivity index (χ1v) is 7.45. The monoisotopic (exact) mass is 279 g/mol. The van der Waals surface area contributed by atoms with Gasteiger partial charge in [0.1, 0.15) is 5.75 Å². The molecule has 0 unspecified atom stereocenters. The second kappa shape index (κ2) is 5.27. The van der Waals surface area contributed by atoms with Gasteiger partial charge >= 0.3 is 0 Å². The molecule has 0 radical (unpaired) electrons. The van der Waals surface area contributed by atoms with Crippen LogP contribution in [-0.4, -0.2) is 27.2 Å². The molecule has 2 aromatic carbocycles. The molecule has 100 valence electrons. The van der Waals surface area contributed by atoms with E-state index < -0.39 is 15.9 Å². The summed E-state index contributed by atoms with van der Waals surface area (Å²) in [6.07, 6.45) is 0.918. The van der Waals surface area contributed by atoms with E-state index in [0.717, 1.165) is 17.0 Å². The maximum Gasteiger partial charge on any atom is 0.271 e. The number of carbonyl (C=O) groups excluding carboxylic acids is 1. The molecule has 19 heavy (non-hydrogen) atoms. The Kier molecular flexibility index (Phi) is 3.71. The van der Waals surface area contributed by atoms with E-state index in [1.165, 1.54) is 0 Å². The molecule has 0 bridgehead atoms. The van der Waals surface area contributed by atoms with Gasteiger partial charge in [-0.3, -0.25) is 9.52 Å². The molecule has 2 aromatic rings. The molecule has 0 fully saturated rings. The molecule has 0 aliphatic carbocycles. The number of ether oxygens (including phenoxy) is 1. The van der Waals surface area contributed by atoms with Crippen molar-refractivity contribution >= 4 is 26.7 Å². The third-order valence-corrected chi connectivity index (χ3v) is 2.99. The lowest BCUT2D eigenvalue weighted by molar-refractivity contribution is -0.121. The van der Waals surface area contributed by atoms with Crippen LogP contribution < -0.4 is 9.46 Å². The van der Waals surface area contributed by atoms with Crippen molar-refractivity contribution in [1.82, 2.24) is 4.72 Å². The molecule has 0 atom stereocenters. The van der Waals surface area contributed by atoms with Crippen molar-refractivity contribution in [2.24, 2.45) is 0 Å². The van der Waals surface area contributed by atoms with Crippen LogP contribution in [0.5, 0.6) is 5.75 Å². The molecule has 0 aliphatic heterocycles. The molecule has 6 heteroatoms. The van der Waals surface area contributed by atoms with E-state index in [2.05, 4.69) is 0 Å². The number of hydrogen-bond donors (Lipinski definition) is 1. The van der Waals surface area contributed by atoms with Gasteiger partial charge < -0.3 is 4.74 Å². The van der Waals surface area contributed by atoms with Crippen molar-refractivity contribution < 1.29 is 17.9 Å². The number of nitrogens with one attached hydrogen (secondary N) is 1. The van der Waals surface area contributed by atoms with Gasteiger partial charge in [0.05, 0.1) is 6.26 Å². The number of rotatable bonds is 4. The maximum absolute atomic E-state index is 11.3. The fraction of sp³-hybridized carbons (Fsp3) is 0.154. The van der Waals surface area contributed by atoms with Crippen molar-refractivity contribution in [1.29, 1.82) is 0 Å². The second-order valence-corrected chi connectivity index (χ2v) is 5.84. The first-order chi connectivity index (χ1) is 8.94. The average Bonchev–Trinajstić information content (AvgIpc) is 2.34. The zero-order valence-electron chi connectivity index (χ0n) is 10.3. The Morgan fingerprint density at radius 1 is 1.16 bits per heavy atom. The van der Waals surface area contributed by atoms with E-state index in [1.54, 1.807) is 12.1 Å². The molecule has 0 saturated heterocycles. The van der Waals surface area contributed by atoms with Gasteiger partial charge in [-0.05, 0) is 22.9 Å². The third kappa shape index (κ3) is 3.96. The van der Waals surface area contributed by atoms with E-state index in [-0.39, 0.29) is 6.61 Å². The highest BCUT2D eigenvalue weighted by molar-refractivity contribution is 7.89. The molecule has 2 rings (SSSR count). The van der Waals surface area contributed by atoms with Gasteiger partial charge in [0, 0.05) is 0 Å². The minimum atomic E-state index is -3.54. The molecule has 0 saturated carbocycles. The van der Waals surface area contributed by atoms with Gasteiger partial charge in [-0.1, -0.05) is 30.3 Å². The van der Waals surface area contributed by atoms with Crippen molar-refractivity contribution in [2.45, 2.75) is 0 Å². The minimum absolute atomic E-state index is 0.342. The lowest BCUT2D eigenvalue weighted by Crippen LogP contribution is -2.33. The van der Waals surface area contributed by atoms with Crippen LogP contribution in [0.1, 0.15) is 0 Å². The lowest BCUT2D eigenvalue weighted by Gasteiger charge is -2.07. The molecular formula is C13H13NO4S. The first kappa shape index (κ1) is 13.4. The van der Waals surface area contributed by atoms with Crippen LogP contribution in [0.4, 0.5) is 0 Å². The topological polar surface area (TPSA) is 72.5 Å². The smallest absolute Gasteiger partial charge is 0.271 e. The molecule has 5 nitrogen and oxygen atoms in total. The Morgan fingerprint density at radius 2 is 1.84 bits per heavy atom. The Hall–Kier alpha value is -2.08. The second-order valence-electron chi connectivity index (χ2n) is 4.10. The van der Waals surface area contributed by atoms with Crippen molar-refractivity contribution in [3.63, 3.8) is 0 Å². The van der Waals surface area contributed by atoms with Crippen LogP contribution >= 0.6 is 0 Å². The quantitative estimate of drug-likeness (QED) is 0.915. The van der Waals surface area contributed by atoms with Gasteiger partial charge in [0.15, 0.2) is 6.61 Å². The Morgan fingerprint density at radius 3 is 2.53 bits per heavy atom. The zero-order chi connectivity index (χ0) is 13.9. The molecule has 0 aromatic heterocycles. The summed E-state index contributed by atoms with van der Waals surface area (Å²) >= 11 is 0. The highest BCUT2D eigenvalue weighted by atomic mass is 32.2. The maximum atomic E-state index is 11.3. The lowest BCUT2D eigenvalue weighted by atomic mass is 10.1. The van der Waals surface area contributed by atoms with Gasteiger partial charge in [0.2, 0.25) is 10.0 Å². The van der Waals surface area contributed by atoms with Gasteiger partial charge in [0.25, 0.3) is 5.91 Å². The third-order valence-electron chi connectivity index (χ3n) is 2.39. The number of fused-ring (bicyclic) bond motifs is 1. The van der Waals surface area contributed by atoms with Crippen molar-refractivity contribution in [2.75, 3.05) is 12.9 Å². The van der Waals surface area contributed by atoms with Crippen molar-refractivity contribution in [3.05, 3.63) is 42.5 Å². The fourth-order valence-electron chi connectivity index (χ4n) is 1.64. The summed E-state index contributed by atoms with van der Waals surface area (Å²) in [7, 11) is -3.54. The summed E-state index contributed by atoms with van der Waals surface area (Å²) in [5.41, 5.74) is 0. The van der Waals surface area contributed by atoms with E-state index in [0.29, 0.717) is 5.75 Å². The molecule has 1 amide bonds. The van der Waals surface area contributed by atoms with Crippen LogP contribution in [0.25, 0.3) is 10.8 Å². The van der Waals surface area contributed by atoms with Crippen LogP contribution in [0, 0.1) is 0 Å². The van der Waals surface area contributed by atoms with Crippen LogP contribution in [0.15, 0.2) is 42.5 Å². The summed E-state index contributed by atoms with van der Waals surface area (Å²) in [5, 5.41) is 2.05. The normalized spacial score (nSPS) is 11.2. The minimum Gasteiger partial charge on any atom is -0.484 e. The summed E-state index contributed by atoms with van der Waals surface area (Å²) in [6.45, 7) is -0.342. The van der Waals surface area contributed by atoms with E-state index in [1.807, 2.05) is 35.1 Å². The molecule has 0 aliphatic rings. The van der Waals surface area contributed by atoms with Crippen LogP contribution in [0.3, 0.4) is 0 Å². The summed E-state index contributed by atoms with van der Waals surface area (Å²) in [6, 6.07) is 13.1. The Labute approximate surface area is 111 Å². The molecule has 1 N–H and O–H groups in total. The summed E-state index contributed by atoms with van der Waals surface area (Å²) in [5.74, 6) is -0.182. The predicted octanol–water partition coefficient (Wildman–Crippen LogP) is 1.29. The predicted molar refractivity (Wildman–Crippen MR) is 72.4 cm³/mol. The summed E-state index contributed by atoms with van der Waals surface area (Å²) < 4.78 is 28.8. The van der Waals surface area contributed by atoms with Crippen molar-refractivity contribution in [3.8, 4) is 5.75 Å². The largest absolute Gasteiger partial charge is 0.484 e. The highest BCUT2D eigenvalue weighted by Crippen LogP contribution is 2.20. The van der Waals surface area contributed by atoms with Gasteiger partial charge in [-0.2, -0.15) is 0 Å². The fourth-order valence-corrected chi connectivity index (χ4v) is 2.11. The Bertz CT molecular complexity index is 709. The van der Waals surface area contributed by atoms with E-state index in [4.69, 9.17) is 4.74 Å². The van der Waals surface area contributed by atoms with E-state index >= 15 is 0 Å². The number of carbonyl (C=O) groups is 1. The number of benzene rings is 2. The highest BCUT2D eigenvalue weighted by Gasteiger charge is 2.08. The summed E-state index contributed by atoms with van der Waals surface area (Å²) in [4.78, 5) is 11.3. The molecule has 0 heterocycles. The number of hydrogen-bond acceptors (Lipinski definition) is 4. The zero-order valence-corrected chi connectivity index (χ0v) is 11.1. The number of sulfonamides is 1. The standard InChI is InChI=1S/C13H13NO4S/c1-19(16,17)14-13(15)9-18-12-7-6-10-4-2-3-5-11(10)8-12/h2-8H,9H2,1H3,(H,14,15). The Balaban J connectivity index is 2.04. The average molecular weight is 279 g/mol. The molecular weight excluding hydrogens is 266 g/mol. The SMILES string of the molecule is CS(=O)(=O)NC(=O)COc1ccc2ccccc2c1. The van der Waals surface area contributed by atoms with Gasteiger partial charge in [-0.15, -0.1) is 0 Å². The number of amides is 1. The first-order valence-electron chi connectivity index (χ1n) is 5.56.